The van der Waals surface area contributed by atoms with Crippen molar-refractivity contribution in [2.24, 2.45) is 0 Å². The van der Waals surface area contributed by atoms with E-state index in [-0.39, 0.29) is 23.9 Å². The van der Waals surface area contributed by atoms with Crippen LogP contribution in [0.4, 0.5) is 0 Å². The van der Waals surface area contributed by atoms with Gasteiger partial charge in [0.25, 0.3) is 0 Å². The van der Waals surface area contributed by atoms with E-state index in [1.807, 2.05) is 48.5 Å². The summed E-state index contributed by atoms with van der Waals surface area (Å²) in [7, 11) is 0. The van der Waals surface area contributed by atoms with Crippen LogP contribution in [-0.4, -0.2) is 16.7 Å². The Hall–Kier alpha value is -3.75. The van der Waals surface area contributed by atoms with Crippen LogP contribution in [0, 0.1) is 6.92 Å². The van der Waals surface area contributed by atoms with Gasteiger partial charge in [-0.05, 0) is 40.8 Å². The molecule has 2 nitrogen and oxygen atoms in total. The zero-order valence-corrected chi connectivity index (χ0v) is 18.7. The largest absolute Gasteiger partial charge is 0.293 e. The van der Waals surface area contributed by atoms with Gasteiger partial charge in [0.2, 0.25) is 0 Å². The van der Waals surface area contributed by atoms with Crippen LogP contribution in [-0.2, 0) is 4.79 Å². The molecule has 0 N–H and O–H groups in total. The maximum atomic E-state index is 13.5. The number of aryl methyl sites for hydroxylation is 1. The Balaban J connectivity index is 1.55. The number of rotatable bonds is 7. The fourth-order valence-electron chi connectivity index (χ4n) is 4.77. The van der Waals surface area contributed by atoms with Crippen molar-refractivity contribution >= 4 is 11.9 Å². The summed E-state index contributed by atoms with van der Waals surface area (Å²) in [5, 5.41) is 0. The third-order valence-electron chi connectivity index (χ3n) is 6.42. The van der Waals surface area contributed by atoms with E-state index in [2.05, 4.69) is 84.6 Å². The van der Waals surface area contributed by atoms with E-state index >= 15 is 0 Å². The van der Waals surface area contributed by atoms with Crippen molar-refractivity contribution in [1.29, 1.82) is 0 Å². The lowest BCUT2D eigenvalue weighted by molar-refractivity contribution is -0.114. The topological polar surface area (TPSA) is 20.1 Å². The van der Waals surface area contributed by atoms with Gasteiger partial charge in [0.1, 0.15) is 0 Å². The van der Waals surface area contributed by atoms with Gasteiger partial charge in [-0.25, -0.2) is 0 Å². The SMILES string of the molecule is Cc1ccccc1[C@@H]1[C@H](C(=O)/C=C/c2ccccc2)N1C(c1ccccc1)c1ccccc1. The first-order valence-electron chi connectivity index (χ1n) is 11.4. The minimum absolute atomic E-state index is 0.0103. The molecule has 0 saturated carbocycles. The first-order chi connectivity index (χ1) is 16.2. The van der Waals surface area contributed by atoms with E-state index in [9.17, 15) is 4.79 Å². The van der Waals surface area contributed by atoms with Crippen LogP contribution in [0.5, 0.6) is 0 Å². The Kier molecular flexibility index (Phi) is 6.01. The number of hydrogen-bond acceptors (Lipinski definition) is 2. The lowest BCUT2D eigenvalue weighted by Crippen LogP contribution is -2.17. The standard InChI is InChI=1S/C31H27NO/c1-23-13-11-12-20-27(23)30-31(28(33)22-21-24-14-5-2-6-15-24)32(30)29(25-16-7-3-8-17-25)26-18-9-4-10-19-26/h2-22,29-31H,1H3/b22-21+/t30-,31+,32?/m1/s1. The molecule has 4 aromatic carbocycles. The molecule has 2 heteroatoms. The zero-order chi connectivity index (χ0) is 22.6. The molecule has 1 heterocycles. The maximum absolute atomic E-state index is 13.5. The van der Waals surface area contributed by atoms with Gasteiger partial charge in [0.05, 0.1) is 18.1 Å². The van der Waals surface area contributed by atoms with Crippen molar-refractivity contribution in [3.8, 4) is 0 Å². The minimum atomic E-state index is -0.198. The molecule has 3 atom stereocenters. The Morgan fingerprint density at radius 3 is 1.82 bits per heavy atom. The van der Waals surface area contributed by atoms with E-state index in [0.29, 0.717) is 0 Å². The van der Waals surface area contributed by atoms with E-state index in [4.69, 9.17) is 0 Å². The summed E-state index contributed by atoms with van der Waals surface area (Å²) < 4.78 is 0. The highest BCUT2D eigenvalue weighted by atomic mass is 16.1. The molecule has 0 spiro atoms. The molecule has 33 heavy (non-hydrogen) atoms. The van der Waals surface area contributed by atoms with Gasteiger partial charge in [0, 0.05) is 0 Å². The lowest BCUT2D eigenvalue weighted by atomic mass is 9.98. The normalized spacial score (nSPS) is 19.6. The summed E-state index contributed by atoms with van der Waals surface area (Å²) in [6.07, 6.45) is 3.67. The molecule has 5 rings (SSSR count). The van der Waals surface area contributed by atoms with Crippen LogP contribution in [0.3, 0.4) is 0 Å². The average molecular weight is 430 g/mol. The molecule has 0 aromatic heterocycles. The zero-order valence-electron chi connectivity index (χ0n) is 18.7. The summed E-state index contributed by atoms with van der Waals surface area (Å²) in [5.74, 6) is 0.143. The summed E-state index contributed by atoms with van der Waals surface area (Å²) in [5.41, 5.74) is 5.87. The van der Waals surface area contributed by atoms with Gasteiger partial charge in [-0.3, -0.25) is 9.69 Å². The summed E-state index contributed by atoms with van der Waals surface area (Å²) in [6.45, 7) is 2.13. The molecule has 1 aliphatic heterocycles. The summed E-state index contributed by atoms with van der Waals surface area (Å²) in [4.78, 5) is 15.9. The van der Waals surface area contributed by atoms with E-state index < -0.39 is 0 Å². The number of nitrogens with zero attached hydrogens (tertiary/aromatic N) is 1. The predicted molar refractivity (Wildman–Crippen MR) is 135 cm³/mol. The third kappa shape index (κ3) is 4.44. The highest BCUT2D eigenvalue weighted by Gasteiger charge is 2.56. The van der Waals surface area contributed by atoms with Crippen LogP contribution in [0.15, 0.2) is 121 Å². The molecule has 1 aliphatic rings. The fraction of sp³-hybridized carbons (Fsp3) is 0.129. The number of benzene rings is 4. The van der Waals surface area contributed by atoms with E-state index in [0.717, 1.165) is 5.56 Å². The monoisotopic (exact) mass is 429 g/mol. The van der Waals surface area contributed by atoms with E-state index in [1.165, 1.54) is 22.3 Å². The second kappa shape index (κ2) is 9.40. The van der Waals surface area contributed by atoms with Gasteiger partial charge in [-0.1, -0.05) is 121 Å². The molecule has 1 saturated heterocycles. The predicted octanol–water partition coefficient (Wildman–Crippen LogP) is 6.79. The van der Waals surface area contributed by atoms with Crippen LogP contribution in [0.2, 0.25) is 0 Å². The molecule has 4 aromatic rings. The van der Waals surface area contributed by atoms with Crippen LogP contribution >= 0.6 is 0 Å². The number of carbonyl (C=O) groups is 1. The molecule has 1 fully saturated rings. The second-order valence-corrected chi connectivity index (χ2v) is 8.56. The van der Waals surface area contributed by atoms with Crippen molar-refractivity contribution in [3.63, 3.8) is 0 Å². The number of carbonyl (C=O) groups excluding carboxylic acids is 1. The Morgan fingerprint density at radius 1 is 0.727 bits per heavy atom. The average Bonchev–Trinajstić information content (AvgIpc) is 3.59. The second-order valence-electron chi connectivity index (χ2n) is 8.56. The smallest absolute Gasteiger partial charge is 0.174 e. The molecule has 162 valence electrons. The fourth-order valence-corrected chi connectivity index (χ4v) is 4.77. The molecule has 0 aliphatic carbocycles. The highest BCUT2D eigenvalue weighted by Crippen LogP contribution is 2.52. The highest BCUT2D eigenvalue weighted by molar-refractivity contribution is 6.00. The molecular formula is C31H27NO. The van der Waals surface area contributed by atoms with E-state index in [1.54, 1.807) is 6.08 Å². The minimum Gasteiger partial charge on any atom is -0.293 e. The first-order valence-corrected chi connectivity index (χ1v) is 11.4. The van der Waals surface area contributed by atoms with Gasteiger partial charge < -0.3 is 0 Å². The Labute approximate surface area is 195 Å². The quantitative estimate of drug-likeness (QED) is 0.238. The van der Waals surface area contributed by atoms with Gasteiger partial charge in [0.15, 0.2) is 5.78 Å². The van der Waals surface area contributed by atoms with Gasteiger partial charge in [-0.15, -0.1) is 0 Å². The van der Waals surface area contributed by atoms with Crippen molar-refractivity contribution in [3.05, 3.63) is 149 Å². The molecule has 1 unspecified atom stereocenters. The number of ketones is 1. The molecule has 0 bridgehead atoms. The molecular weight excluding hydrogens is 402 g/mol. The molecule has 0 radical (unpaired) electrons. The Bertz CT molecular complexity index is 1210. The summed E-state index contributed by atoms with van der Waals surface area (Å²) in [6, 6.07) is 39.3. The lowest BCUT2D eigenvalue weighted by Gasteiger charge is -2.21. The molecule has 0 amide bonds. The van der Waals surface area contributed by atoms with Crippen molar-refractivity contribution < 1.29 is 4.79 Å². The maximum Gasteiger partial charge on any atom is 0.174 e. The van der Waals surface area contributed by atoms with Crippen LogP contribution in [0.25, 0.3) is 6.08 Å². The van der Waals surface area contributed by atoms with Crippen molar-refractivity contribution in [2.75, 3.05) is 0 Å². The van der Waals surface area contributed by atoms with Crippen molar-refractivity contribution in [1.82, 2.24) is 4.90 Å². The summed E-state index contributed by atoms with van der Waals surface area (Å²) >= 11 is 0. The van der Waals surface area contributed by atoms with Gasteiger partial charge >= 0.3 is 0 Å². The van der Waals surface area contributed by atoms with Crippen LogP contribution in [0.1, 0.15) is 39.9 Å². The Morgan fingerprint density at radius 2 is 1.24 bits per heavy atom. The van der Waals surface area contributed by atoms with Gasteiger partial charge in [-0.2, -0.15) is 0 Å². The van der Waals surface area contributed by atoms with Crippen LogP contribution < -0.4 is 0 Å². The third-order valence-corrected chi connectivity index (χ3v) is 6.42. The number of hydrogen-bond donors (Lipinski definition) is 0. The van der Waals surface area contributed by atoms with Crippen molar-refractivity contribution in [2.45, 2.75) is 25.0 Å². The first kappa shape index (κ1) is 21.1.